The van der Waals surface area contributed by atoms with E-state index in [1.165, 1.54) is 17.8 Å². The van der Waals surface area contributed by atoms with Gasteiger partial charge in [0, 0.05) is 25.9 Å². The molecule has 0 atom stereocenters. The molecule has 1 N–H and O–H groups in total. The van der Waals surface area contributed by atoms with Gasteiger partial charge in [0.15, 0.2) is 0 Å². The molecular weight excluding hydrogens is 385 g/mol. The number of alkyl halides is 1. The number of aromatic nitrogens is 1. The van der Waals surface area contributed by atoms with Crippen LogP contribution in [-0.2, 0) is 4.79 Å². The Hall–Kier alpha value is -0.890. The summed E-state index contributed by atoms with van der Waals surface area (Å²) in [6, 6.07) is 2.07. The minimum Gasteiger partial charge on any atom is -0.372 e. The normalized spacial score (nSPS) is 10.8. The van der Waals surface area contributed by atoms with Crippen molar-refractivity contribution >= 4 is 61.4 Å². The lowest BCUT2D eigenvalue weighted by atomic mass is 10.2. The molecule has 0 radical (unpaired) electrons. The second kappa shape index (κ2) is 7.21. The van der Waals surface area contributed by atoms with Crippen LogP contribution in [-0.4, -0.2) is 28.9 Å². The fraction of sp³-hybridized carbons (Fsp3) is 0.429. The highest BCUT2D eigenvalue weighted by Gasteiger charge is 2.14. The number of hydrogen-bond acceptors (Lipinski definition) is 4. The van der Waals surface area contributed by atoms with Gasteiger partial charge in [-0.2, -0.15) is 0 Å². The smallest absolute Gasteiger partial charge is 0.221 e. The molecule has 6 heteroatoms. The zero-order valence-electron chi connectivity index (χ0n) is 11.6. The number of anilines is 2. The average molecular weight is 403 g/mol. The molecule has 20 heavy (non-hydrogen) atoms. The molecule has 0 fully saturated rings. The maximum Gasteiger partial charge on any atom is 0.221 e. The molecule has 2 rings (SSSR count). The summed E-state index contributed by atoms with van der Waals surface area (Å²) in [5.41, 5.74) is 1.86. The summed E-state index contributed by atoms with van der Waals surface area (Å²) in [6.45, 7) is 2.50. The minimum atomic E-state index is -0.0664. The number of pyridine rings is 1. The van der Waals surface area contributed by atoms with Crippen molar-refractivity contribution in [2.24, 2.45) is 0 Å². The third-order valence-corrected chi connectivity index (χ3v) is 4.62. The second-order valence-electron chi connectivity index (χ2n) is 4.66. The lowest BCUT2D eigenvalue weighted by molar-refractivity contribution is -0.114. The van der Waals surface area contributed by atoms with Gasteiger partial charge in [-0.3, -0.25) is 4.79 Å². The maximum atomic E-state index is 11.4. The van der Waals surface area contributed by atoms with Crippen LogP contribution in [0.4, 0.5) is 11.4 Å². The molecule has 0 spiro atoms. The predicted octanol–water partition coefficient (Wildman–Crippen LogP) is 3.91. The molecule has 108 valence electrons. The van der Waals surface area contributed by atoms with Crippen molar-refractivity contribution in [3.8, 4) is 0 Å². The third kappa shape index (κ3) is 3.60. The van der Waals surface area contributed by atoms with E-state index in [0.29, 0.717) is 0 Å². The average Bonchev–Trinajstić information content (AvgIpc) is 2.86. The Morgan fingerprint density at radius 1 is 1.50 bits per heavy atom. The zero-order chi connectivity index (χ0) is 14.5. The number of unbranched alkanes of at least 4 members (excludes halogenated alkanes) is 1. The molecule has 0 aromatic carbocycles. The van der Waals surface area contributed by atoms with Gasteiger partial charge >= 0.3 is 0 Å². The lowest BCUT2D eigenvalue weighted by Crippen LogP contribution is -2.21. The van der Waals surface area contributed by atoms with Crippen LogP contribution in [0.3, 0.4) is 0 Å². The van der Waals surface area contributed by atoms with Crippen molar-refractivity contribution in [1.82, 2.24) is 4.98 Å². The Bertz CT molecular complexity index is 599. The maximum absolute atomic E-state index is 11.4. The van der Waals surface area contributed by atoms with E-state index in [2.05, 4.69) is 50.9 Å². The summed E-state index contributed by atoms with van der Waals surface area (Å²) in [6.07, 6.45) is 4.11. The van der Waals surface area contributed by atoms with Crippen molar-refractivity contribution in [2.75, 3.05) is 28.2 Å². The van der Waals surface area contributed by atoms with E-state index in [9.17, 15) is 4.79 Å². The van der Waals surface area contributed by atoms with Crippen molar-refractivity contribution < 1.29 is 4.79 Å². The van der Waals surface area contributed by atoms with Gasteiger partial charge in [-0.1, -0.05) is 22.6 Å². The van der Waals surface area contributed by atoms with Gasteiger partial charge in [0.2, 0.25) is 5.91 Å². The van der Waals surface area contributed by atoms with Crippen LogP contribution in [0, 0.1) is 0 Å². The van der Waals surface area contributed by atoms with Crippen LogP contribution in [0.25, 0.3) is 10.2 Å². The standard InChI is InChI=1S/C14H18IN3OS/c1-10(19)17-12-9-16-14-11(5-8-20-14)13(12)18(2)7-4-3-6-15/h5,8-9H,3-4,6-7H2,1-2H3,(H,17,19). The van der Waals surface area contributed by atoms with Crippen LogP contribution >= 0.6 is 33.9 Å². The van der Waals surface area contributed by atoms with E-state index in [4.69, 9.17) is 0 Å². The van der Waals surface area contributed by atoms with E-state index >= 15 is 0 Å². The molecule has 0 saturated carbocycles. The monoisotopic (exact) mass is 403 g/mol. The molecule has 0 unspecified atom stereocenters. The topological polar surface area (TPSA) is 45.2 Å². The molecule has 1 amide bonds. The second-order valence-corrected chi connectivity index (χ2v) is 6.63. The van der Waals surface area contributed by atoms with Crippen LogP contribution < -0.4 is 10.2 Å². The first-order chi connectivity index (χ1) is 9.63. The van der Waals surface area contributed by atoms with E-state index < -0.39 is 0 Å². The molecule has 0 aliphatic carbocycles. The fourth-order valence-electron chi connectivity index (χ4n) is 2.16. The minimum absolute atomic E-state index is 0.0664. The van der Waals surface area contributed by atoms with Gasteiger partial charge in [0.25, 0.3) is 0 Å². The van der Waals surface area contributed by atoms with Crippen molar-refractivity contribution in [1.29, 1.82) is 0 Å². The number of nitrogens with zero attached hydrogens (tertiary/aromatic N) is 2. The largest absolute Gasteiger partial charge is 0.372 e. The number of carbonyl (C=O) groups is 1. The molecule has 0 aliphatic heterocycles. The van der Waals surface area contributed by atoms with Gasteiger partial charge in [-0.15, -0.1) is 11.3 Å². The first kappa shape index (κ1) is 15.5. The van der Waals surface area contributed by atoms with Crippen LogP contribution in [0.1, 0.15) is 19.8 Å². The van der Waals surface area contributed by atoms with Crippen LogP contribution in [0.15, 0.2) is 17.6 Å². The Labute approximate surface area is 136 Å². The summed E-state index contributed by atoms with van der Waals surface area (Å²) in [5.74, 6) is -0.0664. The number of nitrogens with one attached hydrogen (secondary N) is 1. The molecule has 2 heterocycles. The number of thiophene rings is 1. The van der Waals surface area contributed by atoms with Gasteiger partial charge in [0.05, 0.1) is 17.6 Å². The molecule has 2 aromatic heterocycles. The van der Waals surface area contributed by atoms with E-state index in [1.54, 1.807) is 17.5 Å². The van der Waals surface area contributed by atoms with Gasteiger partial charge in [-0.25, -0.2) is 4.98 Å². The quantitative estimate of drug-likeness (QED) is 0.452. The van der Waals surface area contributed by atoms with E-state index in [-0.39, 0.29) is 5.91 Å². The zero-order valence-corrected chi connectivity index (χ0v) is 14.6. The van der Waals surface area contributed by atoms with Gasteiger partial charge in [-0.05, 0) is 28.7 Å². The summed E-state index contributed by atoms with van der Waals surface area (Å²) in [7, 11) is 2.07. The Kier molecular flexibility index (Phi) is 5.59. The summed E-state index contributed by atoms with van der Waals surface area (Å²) in [5, 5.41) is 6.04. The van der Waals surface area contributed by atoms with Crippen molar-refractivity contribution in [2.45, 2.75) is 19.8 Å². The SMILES string of the molecule is CC(=O)Nc1cnc2sccc2c1N(C)CCCCI. The number of hydrogen-bond donors (Lipinski definition) is 1. The molecule has 0 saturated heterocycles. The van der Waals surface area contributed by atoms with E-state index in [1.807, 2.05) is 5.38 Å². The highest BCUT2D eigenvalue weighted by atomic mass is 127. The molecule has 2 aromatic rings. The molecule has 0 aliphatic rings. The first-order valence-corrected chi connectivity index (χ1v) is 8.95. The summed E-state index contributed by atoms with van der Waals surface area (Å²) < 4.78 is 1.17. The lowest BCUT2D eigenvalue weighted by Gasteiger charge is -2.23. The van der Waals surface area contributed by atoms with Crippen LogP contribution in [0.5, 0.6) is 0 Å². The van der Waals surface area contributed by atoms with Crippen molar-refractivity contribution in [3.05, 3.63) is 17.6 Å². The number of fused-ring (bicyclic) bond motifs is 1. The Morgan fingerprint density at radius 3 is 3.00 bits per heavy atom. The number of rotatable bonds is 6. The summed E-state index contributed by atoms with van der Waals surface area (Å²) in [4.78, 5) is 19.0. The van der Waals surface area contributed by atoms with Gasteiger partial charge < -0.3 is 10.2 Å². The number of halogens is 1. The molecular formula is C14H18IN3OS. The summed E-state index contributed by atoms with van der Waals surface area (Å²) >= 11 is 4.02. The molecule has 4 nitrogen and oxygen atoms in total. The Morgan fingerprint density at radius 2 is 2.30 bits per heavy atom. The first-order valence-electron chi connectivity index (χ1n) is 6.54. The fourth-order valence-corrected chi connectivity index (χ4v) is 3.44. The highest BCUT2D eigenvalue weighted by molar-refractivity contribution is 14.1. The number of amides is 1. The van der Waals surface area contributed by atoms with E-state index in [0.717, 1.165) is 34.6 Å². The predicted molar refractivity (Wildman–Crippen MR) is 95.3 cm³/mol. The Balaban J connectivity index is 2.35. The highest BCUT2D eigenvalue weighted by Crippen LogP contribution is 2.35. The van der Waals surface area contributed by atoms with Crippen LogP contribution in [0.2, 0.25) is 0 Å². The molecule has 0 bridgehead atoms. The van der Waals surface area contributed by atoms with Gasteiger partial charge in [0.1, 0.15) is 4.83 Å². The third-order valence-electron chi connectivity index (χ3n) is 3.04. The number of carbonyl (C=O) groups excluding carboxylic acids is 1. The van der Waals surface area contributed by atoms with Crippen molar-refractivity contribution in [3.63, 3.8) is 0 Å².